The molecular formula is C18H18N6O4S2. The van der Waals surface area contributed by atoms with Crippen molar-refractivity contribution in [1.82, 2.24) is 25.8 Å². The zero-order valence-corrected chi connectivity index (χ0v) is 17.7. The van der Waals surface area contributed by atoms with E-state index in [0.717, 1.165) is 27.5 Å². The predicted octanol–water partition coefficient (Wildman–Crippen LogP) is 2.11. The van der Waals surface area contributed by atoms with Crippen LogP contribution in [0.4, 0.5) is 9.93 Å². The van der Waals surface area contributed by atoms with E-state index in [1.807, 2.05) is 25.1 Å². The SMILES string of the molecule is Cc1ccc2nc(NC(=O)CSc3nnc(CC4C(=O)NC(=O)NC4C)o3)sc2c1. The molecule has 10 nitrogen and oxygen atoms in total. The summed E-state index contributed by atoms with van der Waals surface area (Å²) in [4.78, 5) is 39.9. The summed E-state index contributed by atoms with van der Waals surface area (Å²) >= 11 is 2.51. The summed E-state index contributed by atoms with van der Waals surface area (Å²) in [6.45, 7) is 3.74. The Kier molecular flexibility index (Phi) is 5.68. The number of aryl methyl sites for hydroxylation is 1. The van der Waals surface area contributed by atoms with Crippen LogP contribution in [0.15, 0.2) is 27.8 Å². The molecule has 12 heteroatoms. The molecule has 30 heavy (non-hydrogen) atoms. The van der Waals surface area contributed by atoms with Gasteiger partial charge in [-0.25, -0.2) is 9.78 Å². The lowest BCUT2D eigenvalue weighted by Gasteiger charge is -2.27. The topological polar surface area (TPSA) is 139 Å². The number of carbonyl (C=O) groups excluding carboxylic acids is 3. The van der Waals surface area contributed by atoms with Crippen molar-refractivity contribution in [3.05, 3.63) is 29.7 Å². The summed E-state index contributed by atoms with van der Waals surface area (Å²) in [5.41, 5.74) is 1.97. The summed E-state index contributed by atoms with van der Waals surface area (Å²) in [7, 11) is 0. The van der Waals surface area contributed by atoms with E-state index in [-0.39, 0.29) is 41.1 Å². The summed E-state index contributed by atoms with van der Waals surface area (Å²) < 4.78 is 6.54. The number of anilines is 1. The van der Waals surface area contributed by atoms with Crippen molar-refractivity contribution in [1.29, 1.82) is 0 Å². The van der Waals surface area contributed by atoms with E-state index >= 15 is 0 Å². The molecule has 4 rings (SSSR count). The van der Waals surface area contributed by atoms with Crippen LogP contribution in [0.2, 0.25) is 0 Å². The smallest absolute Gasteiger partial charge is 0.321 e. The number of urea groups is 1. The van der Waals surface area contributed by atoms with Crippen molar-refractivity contribution < 1.29 is 18.8 Å². The molecule has 3 aromatic rings. The molecule has 2 atom stereocenters. The highest BCUT2D eigenvalue weighted by molar-refractivity contribution is 7.99. The minimum Gasteiger partial charge on any atom is -0.416 e. The molecular weight excluding hydrogens is 428 g/mol. The van der Waals surface area contributed by atoms with Gasteiger partial charge in [0.25, 0.3) is 5.22 Å². The maximum absolute atomic E-state index is 12.2. The number of thioether (sulfide) groups is 1. The lowest BCUT2D eigenvalue weighted by molar-refractivity contribution is -0.125. The van der Waals surface area contributed by atoms with Gasteiger partial charge in [-0.05, 0) is 31.5 Å². The van der Waals surface area contributed by atoms with E-state index < -0.39 is 11.9 Å². The van der Waals surface area contributed by atoms with E-state index in [1.54, 1.807) is 6.92 Å². The Bertz CT molecular complexity index is 1130. The van der Waals surface area contributed by atoms with Gasteiger partial charge in [-0.3, -0.25) is 14.9 Å². The van der Waals surface area contributed by atoms with Crippen LogP contribution in [0.1, 0.15) is 18.4 Å². The molecule has 1 fully saturated rings. The molecule has 1 aliphatic heterocycles. The maximum Gasteiger partial charge on any atom is 0.321 e. The standard InChI is InChI=1S/C18H18N6O4S2/c1-8-3-4-11-12(5-8)30-17(20-11)21-13(25)7-29-18-24-23-14(28-18)6-10-9(2)19-16(27)22-15(10)26/h3-5,9-10H,6-7H2,1-2H3,(H,20,21,25)(H2,19,22,26,27). The lowest BCUT2D eigenvalue weighted by atomic mass is 9.95. The van der Waals surface area contributed by atoms with Gasteiger partial charge in [-0.15, -0.1) is 10.2 Å². The van der Waals surface area contributed by atoms with Gasteiger partial charge in [-0.1, -0.05) is 29.2 Å². The molecule has 3 heterocycles. The minimum absolute atomic E-state index is 0.0764. The fourth-order valence-electron chi connectivity index (χ4n) is 2.98. The van der Waals surface area contributed by atoms with Crippen LogP contribution in [0.25, 0.3) is 10.2 Å². The number of imide groups is 1. The van der Waals surface area contributed by atoms with Gasteiger partial charge in [0.2, 0.25) is 17.7 Å². The summed E-state index contributed by atoms with van der Waals surface area (Å²) in [6.07, 6.45) is 0.193. The Morgan fingerprint density at radius 3 is 2.97 bits per heavy atom. The minimum atomic E-state index is -0.514. The number of nitrogens with one attached hydrogen (secondary N) is 3. The van der Waals surface area contributed by atoms with E-state index in [1.165, 1.54) is 11.3 Å². The maximum atomic E-state index is 12.2. The monoisotopic (exact) mass is 446 g/mol. The van der Waals surface area contributed by atoms with Crippen LogP contribution in [-0.2, 0) is 16.0 Å². The third-order valence-corrected chi connectivity index (χ3v) is 6.25. The number of hydrogen-bond donors (Lipinski definition) is 3. The van der Waals surface area contributed by atoms with Crippen molar-refractivity contribution in [2.24, 2.45) is 5.92 Å². The van der Waals surface area contributed by atoms with Crippen molar-refractivity contribution in [2.75, 3.05) is 11.1 Å². The molecule has 4 amide bonds. The third kappa shape index (κ3) is 4.60. The average Bonchev–Trinajstić information content (AvgIpc) is 3.28. The molecule has 2 aromatic heterocycles. The first-order chi connectivity index (χ1) is 14.4. The number of amides is 4. The molecule has 1 aromatic carbocycles. The Balaban J connectivity index is 1.31. The zero-order chi connectivity index (χ0) is 21.3. The van der Waals surface area contributed by atoms with Crippen molar-refractivity contribution >= 4 is 56.3 Å². The van der Waals surface area contributed by atoms with Gasteiger partial charge < -0.3 is 15.1 Å². The number of benzene rings is 1. The van der Waals surface area contributed by atoms with E-state index in [0.29, 0.717) is 5.13 Å². The highest BCUT2D eigenvalue weighted by atomic mass is 32.2. The van der Waals surface area contributed by atoms with Crippen molar-refractivity contribution in [2.45, 2.75) is 31.5 Å². The second-order valence-electron chi connectivity index (χ2n) is 6.85. The van der Waals surface area contributed by atoms with Crippen LogP contribution < -0.4 is 16.0 Å². The predicted molar refractivity (Wildman–Crippen MR) is 111 cm³/mol. The molecule has 0 saturated carbocycles. The van der Waals surface area contributed by atoms with Gasteiger partial charge in [-0.2, -0.15) is 0 Å². The number of hydrogen-bond acceptors (Lipinski definition) is 9. The first kappa shape index (κ1) is 20.3. The number of carbonyl (C=O) groups is 3. The van der Waals surface area contributed by atoms with Gasteiger partial charge in [0.15, 0.2) is 5.13 Å². The van der Waals surface area contributed by atoms with Gasteiger partial charge in [0.1, 0.15) is 0 Å². The van der Waals surface area contributed by atoms with Crippen LogP contribution in [0.3, 0.4) is 0 Å². The fourth-order valence-corrected chi connectivity index (χ4v) is 4.54. The number of fused-ring (bicyclic) bond motifs is 1. The normalized spacial score (nSPS) is 18.9. The molecule has 0 radical (unpaired) electrons. The zero-order valence-electron chi connectivity index (χ0n) is 16.1. The Hall–Kier alpha value is -2.99. The van der Waals surface area contributed by atoms with E-state index in [9.17, 15) is 14.4 Å². The molecule has 2 unspecified atom stereocenters. The number of aromatic nitrogens is 3. The quantitative estimate of drug-likeness (QED) is 0.489. The van der Waals surface area contributed by atoms with E-state index in [2.05, 4.69) is 31.1 Å². The van der Waals surface area contributed by atoms with Gasteiger partial charge in [0, 0.05) is 12.5 Å². The van der Waals surface area contributed by atoms with Crippen molar-refractivity contribution in [3.8, 4) is 0 Å². The fraction of sp³-hybridized carbons (Fsp3) is 0.333. The van der Waals surface area contributed by atoms with Crippen LogP contribution in [0.5, 0.6) is 0 Å². The summed E-state index contributed by atoms with van der Waals surface area (Å²) in [5.74, 6) is -0.787. The molecule has 156 valence electrons. The summed E-state index contributed by atoms with van der Waals surface area (Å²) in [5, 5.41) is 16.2. The number of thiazole rings is 1. The molecule has 1 aliphatic rings. The van der Waals surface area contributed by atoms with Crippen LogP contribution in [-0.4, -0.2) is 44.8 Å². The average molecular weight is 447 g/mol. The first-order valence-electron chi connectivity index (χ1n) is 9.11. The largest absolute Gasteiger partial charge is 0.416 e. The van der Waals surface area contributed by atoms with E-state index in [4.69, 9.17) is 4.42 Å². The molecule has 0 aliphatic carbocycles. The Morgan fingerprint density at radius 1 is 1.33 bits per heavy atom. The first-order valence-corrected chi connectivity index (χ1v) is 10.9. The van der Waals surface area contributed by atoms with Crippen molar-refractivity contribution in [3.63, 3.8) is 0 Å². The van der Waals surface area contributed by atoms with Crippen LogP contribution >= 0.6 is 23.1 Å². The second-order valence-corrected chi connectivity index (χ2v) is 8.81. The molecule has 0 spiro atoms. The van der Waals surface area contributed by atoms with Crippen LogP contribution in [0, 0.1) is 12.8 Å². The number of nitrogens with zero attached hydrogens (tertiary/aromatic N) is 3. The summed E-state index contributed by atoms with van der Waals surface area (Å²) in [6, 6.07) is 5.06. The molecule has 1 saturated heterocycles. The highest BCUT2D eigenvalue weighted by Gasteiger charge is 2.34. The number of rotatable bonds is 6. The van der Waals surface area contributed by atoms with Gasteiger partial charge >= 0.3 is 6.03 Å². The second kappa shape index (κ2) is 8.40. The van der Waals surface area contributed by atoms with Gasteiger partial charge in [0.05, 0.1) is 21.9 Å². The Labute approximate surface area is 179 Å². The lowest BCUT2D eigenvalue weighted by Crippen LogP contribution is -2.57. The highest BCUT2D eigenvalue weighted by Crippen LogP contribution is 2.27. The molecule has 0 bridgehead atoms. The Morgan fingerprint density at radius 2 is 2.17 bits per heavy atom. The third-order valence-electron chi connectivity index (χ3n) is 4.50. The molecule has 3 N–H and O–H groups in total.